The highest BCUT2D eigenvalue weighted by molar-refractivity contribution is 5.92. The molecule has 0 aromatic carbocycles. The fourth-order valence-corrected chi connectivity index (χ4v) is 2.43. The summed E-state index contributed by atoms with van der Waals surface area (Å²) in [6.45, 7) is 3.43. The molecule has 2 aromatic rings. The van der Waals surface area contributed by atoms with E-state index in [-0.39, 0.29) is 5.91 Å². The number of hydrogen-bond donors (Lipinski definition) is 2. The number of fused-ring (bicyclic) bond motifs is 1. The van der Waals surface area contributed by atoms with Gasteiger partial charge < -0.3 is 4.90 Å². The summed E-state index contributed by atoms with van der Waals surface area (Å²) in [5.41, 5.74) is 3.77. The largest absolute Gasteiger partial charge is 0.332 e. The lowest BCUT2D eigenvalue weighted by Crippen LogP contribution is -2.35. The van der Waals surface area contributed by atoms with Gasteiger partial charge in [-0.1, -0.05) is 13.3 Å². The quantitative estimate of drug-likeness (QED) is 0.871. The third kappa shape index (κ3) is 2.25. The van der Waals surface area contributed by atoms with Gasteiger partial charge in [-0.05, 0) is 12.5 Å². The molecule has 0 aliphatic carbocycles. The molecule has 0 saturated heterocycles. The van der Waals surface area contributed by atoms with E-state index >= 15 is 0 Å². The van der Waals surface area contributed by atoms with Crippen LogP contribution in [-0.2, 0) is 19.4 Å². The van der Waals surface area contributed by atoms with E-state index in [1.54, 1.807) is 6.20 Å². The van der Waals surface area contributed by atoms with Gasteiger partial charge in [-0.2, -0.15) is 10.2 Å². The summed E-state index contributed by atoms with van der Waals surface area (Å²) in [4.78, 5) is 14.2. The molecule has 1 amide bonds. The van der Waals surface area contributed by atoms with Crippen LogP contribution in [0.3, 0.4) is 0 Å². The van der Waals surface area contributed by atoms with Crippen molar-refractivity contribution in [3.05, 3.63) is 34.9 Å². The second-order valence-electron chi connectivity index (χ2n) is 4.88. The first kappa shape index (κ1) is 12.0. The van der Waals surface area contributed by atoms with Crippen LogP contribution in [0.15, 0.2) is 12.3 Å². The van der Waals surface area contributed by atoms with Crippen molar-refractivity contribution in [2.45, 2.75) is 32.7 Å². The predicted octanol–water partition coefficient (Wildman–Crippen LogP) is 1.28. The number of rotatable bonds is 3. The molecule has 0 radical (unpaired) electrons. The number of aromatic nitrogens is 4. The molecule has 0 saturated carbocycles. The van der Waals surface area contributed by atoms with Gasteiger partial charge in [-0.15, -0.1) is 0 Å². The second kappa shape index (κ2) is 4.87. The molecule has 2 N–H and O–H groups in total. The highest BCUT2D eigenvalue weighted by Gasteiger charge is 2.24. The first-order chi connectivity index (χ1) is 9.28. The number of carbonyl (C=O) groups is 1. The zero-order valence-corrected chi connectivity index (χ0v) is 10.9. The van der Waals surface area contributed by atoms with E-state index in [0.29, 0.717) is 18.8 Å². The third-order valence-corrected chi connectivity index (χ3v) is 3.46. The van der Waals surface area contributed by atoms with E-state index in [0.717, 1.165) is 36.2 Å². The lowest BCUT2D eigenvalue weighted by atomic mass is 10.1. The van der Waals surface area contributed by atoms with Crippen LogP contribution in [0.4, 0.5) is 0 Å². The summed E-state index contributed by atoms with van der Waals surface area (Å²) in [6, 6.07) is 1.86. The van der Waals surface area contributed by atoms with Crippen LogP contribution in [0.2, 0.25) is 0 Å². The summed E-state index contributed by atoms with van der Waals surface area (Å²) in [6.07, 6.45) is 4.58. The highest BCUT2D eigenvalue weighted by Crippen LogP contribution is 2.18. The highest BCUT2D eigenvalue weighted by atomic mass is 16.2. The number of aromatic amines is 2. The van der Waals surface area contributed by atoms with Crippen LogP contribution in [0, 0.1) is 0 Å². The van der Waals surface area contributed by atoms with Crippen LogP contribution < -0.4 is 0 Å². The smallest absolute Gasteiger partial charge is 0.274 e. The average molecular weight is 259 g/mol. The summed E-state index contributed by atoms with van der Waals surface area (Å²) < 4.78 is 0. The molecule has 1 aliphatic heterocycles. The lowest BCUT2D eigenvalue weighted by molar-refractivity contribution is 0.0728. The fraction of sp³-hybridized carbons (Fsp3) is 0.462. The molecular formula is C13H17N5O. The van der Waals surface area contributed by atoms with Crippen molar-refractivity contribution in [2.24, 2.45) is 0 Å². The zero-order valence-electron chi connectivity index (χ0n) is 10.9. The van der Waals surface area contributed by atoms with Crippen LogP contribution in [0.1, 0.15) is 40.8 Å². The normalized spacial score (nSPS) is 14.5. The molecule has 6 heteroatoms. The van der Waals surface area contributed by atoms with Gasteiger partial charge in [-0.25, -0.2) is 0 Å². The van der Waals surface area contributed by atoms with Crippen molar-refractivity contribution in [1.29, 1.82) is 0 Å². The van der Waals surface area contributed by atoms with Gasteiger partial charge in [-0.3, -0.25) is 15.0 Å². The summed E-state index contributed by atoms with van der Waals surface area (Å²) in [7, 11) is 0. The Labute approximate surface area is 111 Å². The molecule has 1 aliphatic rings. The van der Waals surface area contributed by atoms with Crippen LogP contribution in [0.25, 0.3) is 0 Å². The summed E-state index contributed by atoms with van der Waals surface area (Å²) in [5.74, 6) is -0.00884. The number of hydrogen-bond acceptors (Lipinski definition) is 3. The molecule has 100 valence electrons. The van der Waals surface area contributed by atoms with Crippen molar-refractivity contribution in [3.63, 3.8) is 0 Å². The van der Waals surface area contributed by atoms with Crippen molar-refractivity contribution in [2.75, 3.05) is 6.54 Å². The maximum atomic E-state index is 12.4. The molecule has 3 heterocycles. The molecule has 0 spiro atoms. The van der Waals surface area contributed by atoms with Gasteiger partial charge in [0.2, 0.25) is 0 Å². The van der Waals surface area contributed by atoms with Crippen LogP contribution >= 0.6 is 0 Å². The fourth-order valence-electron chi connectivity index (χ4n) is 2.43. The van der Waals surface area contributed by atoms with E-state index in [4.69, 9.17) is 0 Å². The van der Waals surface area contributed by atoms with Gasteiger partial charge in [0.25, 0.3) is 5.91 Å². The van der Waals surface area contributed by atoms with E-state index < -0.39 is 0 Å². The second-order valence-corrected chi connectivity index (χ2v) is 4.88. The third-order valence-electron chi connectivity index (χ3n) is 3.46. The summed E-state index contributed by atoms with van der Waals surface area (Å²) in [5, 5.41) is 14.0. The van der Waals surface area contributed by atoms with Gasteiger partial charge >= 0.3 is 0 Å². The molecular weight excluding hydrogens is 242 g/mol. The SMILES string of the molecule is CCCc1cc(C(=O)N2CCc3[nH]ncc3C2)n[nH]1. The average Bonchev–Trinajstić information content (AvgIpc) is 3.05. The molecule has 2 aromatic heterocycles. The predicted molar refractivity (Wildman–Crippen MR) is 69.6 cm³/mol. The summed E-state index contributed by atoms with van der Waals surface area (Å²) >= 11 is 0. The Morgan fingerprint density at radius 2 is 2.37 bits per heavy atom. The Kier molecular flexibility index (Phi) is 3.06. The molecule has 0 bridgehead atoms. The topological polar surface area (TPSA) is 77.7 Å². The van der Waals surface area contributed by atoms with Crippen molar-refractivity contribution < 1.29 is 4.79 Å². The number of amides is 1. The molecule has 19 heavy (non-hydrogen) atoms. The minimum Gasteiger partial charge on any atom is -0.332 e. The molecule has 6 nitrogen and oxygen atoms in total. The standard InChI is InChI=1S/C13H17N5O/c1-2-3-10-6-12(17-15-10)13(19)18-5-4-11-9(8-18)7-14-16-11/h6-7H,2-5,8H2,1H3,(H,14,16)(H,15,17). The van der Waals surface area contributed by atoms with Crippen molar-refractivity contribution in [3.8, 4) is 0 Å². The Balaban J connectivity index is 1.74. The maximum absolute atomic E-state index is 12.4. The number of H-pyrrole nitrogens is 2. The van der Waals surface area contributed by atoms with Gasteiger partial charge in [0.15, 0.2) is 0 Å². The van der Waals surface area contributed by atoms with Crippen LogP contribution in [0.5, 0.6) is 0 Å². The number of nitrogens with zero attached hydrogens (tertiary/aromatic N) is 3. The number of nitrogens with one attached hydrogen (secondary N) is 2. The number of carbonyl (C=O) groups excluding carboxylic acids is 1. The first-order valence-corrected chi connectivity index (χ1v) is 6.62. The van der Waals surface area contributed by atoms with E-state index in [2.05, 4.69) is 27.3 Å². The number of aryl methyl sites for hydroxylation is 1. The van der Waals surface area contributed by atoms with Crippen molar-refractivity contribution >= 4 is 5.91 Å². The van der Waals surface area contributed by atoms with Gasteiger partial charge in [0.1, 0.15) is 5.69 Å². The van der Waals surface area contributed by atoms with E-state index in [1.165, 1.54) is 0 Å². The molecule has 0 atom stereocenters. The Morgan fingerprint density at radius 3 is 3.21 bits per heavy atom. The monoisotopic (exact) mass is 259 g/mol. The minimum absolute atomic E-state index is 0.00884. The Morgan fingerprint density at radius 1 is 1.47 bits per heavy atom. The molecule has 3 rings (SSSR count). The Hall–Kier alpha value is -2.11. The van der Waals surface area contributed by atoms with E-state index in [1.807, 2.05) is 11.0 Å². The molecule has 0 unspecified atom stereocenters. The minimum atomic E-state index is -0.00884. The van der Waals surface area contributed by atoms with Crippen LogP contribution in [-0.4, -0.2) is 37.7 Å². The zero-order chi connectivity index (χ0) is 13.2. The van der Waals surface area contributed by atoms with E-state index in [9.17, 15) is 4.79 Å². The molecule has 0 fully saturated rings. The van der Waals surface area contributed by atoms with Gasteiger partial charge in [0.05, 0.1) is 6.20 Å². The Bertz CT molecular complexity index is 585. The lowest BCUT2D eigenvalue weighted by Gasteiger charge is -2.25. The first-order valence-electron chi connectivity index (χ1n) is 6.62. The van der Waals surface area contributed by atoms with Crippen molar-refractivity contribution in [1.82, 2.24) is 25.3 Å². The van der Waals surface area contributed by atoms with Gasteiger partial charge in [0, 0.05) is 36.5 Å². The maximum Gasteiger partial charge on any atom is 0.274 e.